The van der Waals surface area contributed by atoms with Crippen molar-refractivity contribution < 1.29 is 40.9 Å². The van der Waals surface area contributed by atoms with Crippen LogP contribution in [0.4, 0.5) is 0 Å². The predicted molar refractivity (Wildman–Crippen MR) is 147 cm³/mol. The minimum atomic E-state index is -1.34. The van der Waals surface area contributed by atoms with Gasteiger partial charge in [0.2, 0.25) is 0 Å². The lowest BCUT2D eigenvalue weighted by Crippen LogP contribution is -2.08. The molecule has 0 amide bonds. The van der Waals surface area contributed by atoms with Gasteiger partial charge in [-0.2, -0.15) is 0 Å². The molecule has 5 rings (SSSR count). The zero-order valence-corrected chi connectivity index (χ0v) is 21.2. The van der Waals surface area contributed by atoms with Gasteiger partial charge in [-0.25, -0.2) is 9.97 Å². The van der Waals surface area contributed by atoms with Gasteiger partial charge >= 0.3 is 0 Å². The van der Waals surface area contributed by atoms with E-state index in [1.54, 1.807) is 48.6 Å². The summed E-state index contributed by atoms with van der Waals surface area (Å²) in [5.74, 6) is 0. The lowest BCUT2D eigenvalue weighted by Gasteiger charge is -2.11. The van der Waals surface area contributed by atoms with Gasteiger partial charge in [-0.3, -0.25) is 0 Å². The van der Waals surface area contributed by atoms with Crippen molar-refractivity contribution in [1.82, 2.24) is 19.9 Å². The van der Waals surface area contributed by atoms with Crippen LogP contribution in [0.15, 0.2) is 24.3 Å². The third kappa shape index (κ3) is 4.87. The highest BCUT2D eigenvalue weighted by atomic mass is 16.3. The number of fused-ring (bicyclic) bond motifs is 8. The van der Waals surface area contributed by atoms with Crippen molar-refractivity contribution in [3.8, 4) is 0 Å². The first-order valence-corrected chi connectivity index (χ1v) is 12.6. The summed E-state index contributed by atoms with van der Waals surface area (Å²) in [5, 5.41) is 82.2. The predicted octanol–water partition coefficient (Wildman–Crippen LogP) is 0.758. The largest absolute Gasteiger partial charge is 0.393 e. The van der Waals surface area contributed by atoms with Crippen LogP contribution in [0.25, 0.3) is 46.4 Å². The summed E-state index contributed by atoms with van der Waals surface area (Å²) in [6.07, 6.45) is 1.02. The van der Waals surface area contributed by atoms with E-state index in [4.69, 9.17) is 0 Å². The van der Waals surface area contributed by atoms with Gasteiger partial charge in [0.25, 0.3) is 0 Å². The summed E-state index contributed by atoms with van der Waals surface area (Å²) in [7, 11) is 0. The summed E-state index contributed by atoms with van der Waals surface area (Å²) >= 11 is 0. The van der Waals surface area contributed by atoms with Gasteiger partial charge in [0.15, 0.2) is 0 Å². The first-order valence-electron chi connectivity index (χ1n) is 12.6. The number of nitrogens with one attached hydrogen (secondary N) is 2. The van der Waals surface area contributed by atoms with E-state index in [-0.39, 0.29) is 45.0 Å². The fraction of sp³-hybridized carbons (Fsp3) is 0.286. The molecule has 210 valence electrons. The van der Waals surface area contributed by atoms with E-state index in [1.807, 2.05) is 0 Å². The number of aliphatic hydroxyl groups is 8. The lowest BCUT2D eigenvalue weighted by molar-refractivity contribution is 0.0954. The molecule has 0 radical (unpaired) electrons. The molecular formula is C28H30N4O8. The van der Waals surface area contributed by atoms with Crippen molar-refractivity contribution in [2.75, 3.05) is 26.4 Å². The molecule has 10 N–H and O–H groups in total. The molecular weight excluding hydrogens is 520 g/mol. The van der Waals surface area contributed by atoms with Crippen LogP contribution < -0.4 is 0 Å². The molecule has 4 atom stereocenters. The molecule has 0 unspecified atom stereocenters. The normalized spacial score (nSPS) is 15.8. The van der Waals surface area contributed by atoms with Gasteiger partial charge in [-0.05, 0) is 48.6 Å². The Balaban J connectivity index is 2.02. The molecule has 0 saturated heterocycles. The lowest BCUT2D eigenvalue weighted by atomic mass is 10.1. The van der Waals surface area contributed by atoms with Crippen LogP contribution in [-0.2, 0) is 0 Å². The van der Waals surface area contributed by atoms with E-state index in [2.05, 4.69) is 19.9 Å². The Morgan fingerprint density at radius 3 is 0.875 bits per heavy atom. The Morgan fingerprint density at radius 2 is 0.675 bits per heavy atom. The average molecular weight is 551 g/mol. The van der Waals surface area contributed by atoms with E-state index < -0.39 is 50.8 Å². The zero-order valence-electron chi connectivity index (χ0n) is 21.2. The molecule has 3 aromatic heterocycles. The Morgan fingerprint density at radius 1 is 0.450 bits per heavy atom. The molecule has 40 heavy (non-hydrogen) atoms. The van der Waals surface area contributed by atoms with E-state index in [1.165, 1.54) is 0 Å². The van der Waals surface area contributed by atoms with Crippen molar-refractivity contribution in [3.63, 3.8) is 0 Å². The van der Waals surface area contributed by atoms with Crippen LogP contribution in [0.5, 0.6) is 0 Å². The van der Waals surface area contributed by atoms with Crippen LogP contribution in [0.2, 0.25) is 0 Å². The zero-order chi connectivity index (χ0) is 28.6. The summed E-state index contributed by atoms with van der Waals surface area (Å²) in [6, 6.07) is 6.50. The quantitative estimate of drug-likeness (QED) is 0.131. The van der Waals surface area contributed by atoms with Crippen molar-refractivity contribution in [2.24, 2.45) is 0 Å². The summed E-state index contributed by atoms with van der Waals surface area (Å²) in [5.41, 5.74) is 3.60. The summed E-state index contributed by atoms with van der Waals surface area (Å²) < 4.78 is 0. The molecule has 2 aliphatic rings. The van der Waals surface area contributed by atoms with Crippen molar-refractivity contribution in [2.45, 2.75) is 24.4 Å². The Kier molecular flexibility index (Phi) is 7.94. The number of aliphatic hydroxyl groups excluding tert-OH is 8. The Labute approximate surface area is 227 Å². The van der Waals surface area contributed by atoms with E-state index in [0.29, 0.717) is 22.1 Å². The minimum absolute atomic E-state index is 0.243. The Hall–Kier alpha value is -3.72. The van der Waals surface area contributed by atoms with Gasteiger partial charge in [0.1, 0.15) is 24.4 Å². The molecule has 3 aromatic rings. The minimum Gasteiger partial charge on any atom is -0.393 e. The number of aromatic amines is 2. The molecule has 2 aliphatic heterocycles. The molecule has 0 aliphatic carbocycles. The van der Waals surface area contributed by atoms with E-state index >= 15 is 0 Å². The maximum absolute atomic E-state index is 10.7. The highest BCUT2D eigenvalue weighted by Crippen LogP contribution is 2.33. The van der Waals surface area contributed by atoms with E-state index in [0.717, 1.165) is 0 Å². The van der Waals surface area contributed by atoms with Crippen LogP contribution in [0.3, 0.4) is 0 Å². The fourth-order valence-corrected chi connectivity index (χ4v) is 5.06. The standard InChI is InChI=1S/C28H30N4O8/c33-9-21(37)25-13-1-2-14(29-13)26(22(38)10-34)16-5-6-18(31-16)28(24(40)12-36)20-8-7-19(32-20)27(23(39)11-35)17-4-3-15(25)30-17/h1-8,21-24,29,32-40H,9-12H2/t21-,22+,23+,24-. The number of aromatic nitrogens is 4. The van der Waals surface area contributed by atoms with Crippen LogP contribution >= 0.6 is 0 Å². The van der Waals surface area contributed by atoms with Crippen molar-refractivity contribution >= 4 is 46.4 Å². The van der Waals surface area contributed by atoms with Gasteiger partial charge in [0, 0.05) is 44.3 Å². The van der Waals surface area contributed by atoms with Gasteiger partial charge in [-0.1, -0.05) is 0 Å². The smallest absolute Gasteiger partial charge is 0.106 e. The highest BCUT2D eigenvalue weighted by Gasteiger charge is 2.23. The molecule has 12 nitrogen and oxygen atoms in total. The molecule has 0 spiro atoms. The SMILES string of the molecule is OC[C@@H](O)c1c2nc(c([C@@H](O)CO)c3ccc([nH]3)c([C@H](O)CO)c3nc(c([C@@H](O)CO)c4ccc1[nH]4)C=C3)C=C2. The van der Waals surface area contributed by atoms with Crippen LogP contribution in [0.1, 0.15) is 69.4 Å². The molecule has 8 bridgehead atoms. The summed E-state index contributed by atoms with van der Waals surface area (Å²) in [4.78, 5) is 15.4. The van der Waals surface area contributed by atoms with Crippen molar-refractivity contribution in [1.29, 1.82) is 0 Å². The van der Waals surface area contributed by atoms with Gasteiger partial charge in [-0.15, -0.1) is 0 Å². The van der Waals surface area contributed by atoms with Crippen LogP contribution in [-0.4, -0.2) is 87.2 Å². The topological polar surface area (TPSA) is 219 Å². The molecule has 0 aromatic carbocycles. The maximum atomic E-state index is 10.7. The number of nitrogens with zero attached hydrogens (tertiary/aromatic N) is 2. The number of H-pyrrole nitrogens is 2. The molecule has 0 saturated carbocycles. The number of hydrogen-bond acceptors (Lipinski definition) is 10. The van der Waals surface area contributed by atoms with Crippen molar-refractivity contribution in [3.05, 3.63) is 69.3 Å². The molecule has 0 fully saturated rings. The first kappa shape index (κ1) is 27.8. The fourth-order valence-electron chi connectivity index (χ4n) is 5.06. The monoisotopic (exact) mass is 550 g/mol. The Bertz CT molecular complexity index is 1410. The third-order valence-electron chi connectivity index (χ3n) is 6.94. The second-order valence-electron chi connectivity index (χ2n) is 9.45. The average Bonchev–Trinajstić information content (AvgIpc) is 3.78. The third-order valence-corrected chi connectivity index (χ3v) is 6.94. The highest BCUT2D eigenvalue weighted by molar-refractivity contribution is 5.84. The van der Waals surface area contributed by atoms with E-state index in [9.17, 15) is 40.9 Å². The second kappa shape index (κ2) is 11.4. The first-order chi connectivity index (χ1) is 19.3. The van der Waals surface area contributed by atoms with Gasteiger partial charge < -0.3 is 50.8 Å². The van der Waals surface area contributed by atoms with Gasteiger partial charge in [0.05, 0.1) is 49.2 Å². The summed E-state index contributed by atoms with van der Waals surface area (Å²) in [6.45, 7) is -2.46. The number of rotatable bonds is 8. The molecule has 5 heterocycles. The maximum Gasteiger partial charge on any atom is 0.106 e. The van der Waals surface area contributed by atoms with Crippen LogP contribution in [0, 0.1) is 0 Å². The second-order valence-corrected chi connectivity index (χ2v) is 9.45. The molecule has 12 heteroatoms. The number of hydrogen-bond donors (Lipinski definition) is 10.